The number of furan rings is 1. The fraction of sp³-hybridized carbons (Fsp3) is 0.278. The number of aromatic nitrogens is 1. The van der Waals surface area contributed by atoms with E-state index < -0.39 is 0 Å². The van der Waals surface area contributed by atoms with E-state index in [0.29, 0.717) is 0 Å². The Morgan fingerprint density at radius 3 is 2.29 bits per heavy atom. The van der Waals surface area contributed by atoms with Gasteiger partial charge in [-0.15, -0.1) is 23.6 Å². The number of aliphatic hydroxyl groups is 1. The molecule has 0 aliphatic rings. The van der Waals surface area contributed by atoms with Gasteiger partial charge >= 0.3 is 0 Å². The van der Waals surface area contributed by atoms with Crippen LogP contribution in [0.15, 0.2) is 89.2 Å². The summed E-state index contributed by atoms with van der Waals surface area (Å²) < 4.78 is 8.45. The molecule has 1 radical (unpaired) electrons. The Kier molecular flexibility index (Phi) is 10.7. The number of rotatable bonds is 8. The Morgan fingerprint density at radius 1 is 0.929 bits per heavy atom. The van der Waals surface area contributed by atoms with Crippen molar-refractivity contribution in [3.63, 3.8) is 0 Å². The summed E-state index contributed by atoms with van der Waals surface area (Å²) in [6.07, 6.45) is 6.77. The Labute approximate surface area is 264 Å². The third-order valence-electron chi connectivity index (χ3n) is 7.88. The minimum atomic E-state index is 0. The van der Waals surface area contributed by atoms with Gasteiger partial charge in [-0.1, -0.05) is 74.9 Å². The second-order valence-electron chi connectivity index (χ2n) is 10.4. The van der Waals surface area contributed by atoms with E-state index >= 15 is 0 Å². The van der Waals surface area contributed by atoms with Crippen molar-refractivity contribution in [3.05, 3.63) is 90.8 Å². The number of allylic oxidation sites excluding steroid dienone is 2. The summed E-state index contributed by atoms with van der Waals surface area (Å²) in [4.78, 5) is 16.4. The molecule has 0 atom stereocenters. The van der Waals surface area contributed by atoms with E-state index in [4.69, 9.17) is 4.42 Å². The number of hydrogen-bond donors (Lipinski definition) is 1. The van der Waals surface area contributed by atoms with Gasteiger partial charge < -0.3 is 9.52 Å². The molecule has 0 saturated carbocycles. The molecule has 219 valence electrons. The maximum Gasteiger partial charge on any atom is 0.162 e. The zero-order chi connectivity index (χ0) is 28.9. The molecule has 0 bridgehead atoms. The zero-order valence-corrected chi connectivity index (χ0v) is 27.7. The number of carbonyl (C=O) groups excluding carboxylic acids is 1. The van der Waals surface area contributed by atoms with Crippen molar-refractivity contribution in [3.8, 4) is 11.3 Å². The fourth-order valence-electron chi connectivity index (χ4n) is 5.33. The summed E-state index contributed by atoms with van der Waals surface area (Å²) in [5.74, 6) is 1.43. The number of benzene rings is 3. The molecule has 6 heteroatoms. The van der Waals surface area contributed by atoms with Crippen molar-refractivity contribution in [2.24, 2.45) is 11.8 Å². The standard InChI is InChI=1S/C23H12NOS.C13H24O2.Ir/c1-2-6-15-13-21-18(11-14(15)5-1)22-23(26-21)17(9-10-24-22)20-12-16-7-3-4-8-19(16)25-20;1-5-10(6-2)12(14)9-13(15)11(7-3)8-4;/h1-10,12-13H;9-11,14H,5-8H2,1-4H3;/q-1;;/b;12-9-;. The van der Waals surface area contributed by atoms with E-state index in [1.807, 2.05) is 64.2 Å². The molecule has 6 rings (SSSR count). The first kappa shape index (κ1) is 31.6. The van der Waals surface area contributed by atoms with Gasteiger partial charge in [0.15, 0.2) is 5.78 Å². The van der Waals surface area contributed by atoms with Gasteiger partial charge in [0.05, 0.1) is 5.76 Å². The minimum Gasteiger partial charge on any atom is -0.512 e. The number of thiophene rings is 1. The van der Waals surface area contributed by atoms with E-state index in [-0.39, 0.29) is 43.5 Å². The van der Waals surface area contributed by atoms with Gasteiger partial charge in [0.2, 0.25) is 0 Å². The molecule has 0 aliphatic heterocycles. The Morgan fingerprint density at radius 2 is 1.60 bits per heavy atom. The predicted octanol–water partition coefficient (Wildman–Crippen LogP) is 10.7. The Balaban J connectivity index is 0.000000221. The van der Waals surface area contributed by atoms with Crippen LogP contribution in [0.5, 0.6) is 0 Å². The molecule has 0 aliphatic carbocycles. The fourth-order valence-corrected chi connectivity index (χ4v) is 6.52. The molecular formula is C36H36IrNO3S-. The molecule has 42 heavy (non-hydrogen) atoms. The van der Waals surface area contributed by atoms with Crippen LogP contribution in [0.4, 0.5) is 0 Å². The van der Waals surface area contributed by atoms with Crippen LogP contribution >= 0.6 is 11.3 Å². The molecular weight excluding hydrogens is 719 g/mol. The molecule has 4 nitrogen and oxygen atoms in total. The monoisotopic (exact) mass is 755 g/mol. The first-order chi connectivity index (χ1) is 20.0. The quantitative estimate of drug-likeness (QED) is 0.0955. The Bertz CT molecular complexity index is 1810. The number of fused-ring (bicyclic) bond motifs is 5. The Hall–Kier alpha value is -3.31. The minimum absolute atomic E-state index is 0. The third kappa shape index (κ3) is 6.52. The van der Waals surface area contributed by atoms with Crippen LogP contribution in [-0.4, -0.2) is 15.9 Å². The molecule has 3 aromatic carbocycles. The van der Waals surface area contributed by atoms with Gasteiger partial charge in [-0.25, -0.2) is 0 Å². The van der Waals surface area contributed by atoms with Crippen LogP contribution in [0.3, 0.4) is 0 Å². The van der Waals surface area contributed by atoms with Gasteiger partial charge in [-0.05, 0) is 48.6 Å². The molecule has 3 aromatic heterocycles. The van der Waals surface area contributed by atoms with E-state index in [1.54, 1.807) is 11.3 Å². The summed E-state index contributed by atoms with van der Waals surface area (Å²) in [6.45, 7) is 8.07. The third-order valence-corrected chi connectivity index (χ3v) is 9.04. The van der Waals surface area contributed by atoms with Crippen LogP contribution in [0.25, 0.3) is 53.4 Å². The summed E-state index contributed by atoms with van der Waals surface area (Å²) in [5, 5.41) is 14.3. The van der Waals surface area contributed by atoms with Crippen molar-refractivity contribution < 1.29 is 34.4 Å². The average molecular weight is 755 g/mol. The SMILES string of the molecule is CCC(CC)C(=O)/C=C(\O)C(CC)CC.[Ir].[c-]1c2ccccc2cc2sc3c(-c4cc5ccccc5o4)ccnc3c12. The first-order valence-electron chi connectivity index (χ1n) is 14.5. The topological polar surface area (TPSA) is 63.3 Å². The largest absolute Gasteiger partial charge is 0.512 e. The average Bonchev–Trinajstić information content (AvgIpc) is 3.59. The van der Waals surface area contributed by atoms with Crippen LogP contribution < -0.4 is 0 Å². The number of ketones is 1. The molecule has 1 N–H and O–H groups in total. The molecule has 3 heterocycles. The smallest absolute Gasteiger partial charge is 0.162 e. The summed E-state index contributed by atoms with van der Waals surface area (Å²) >= 11 is 1.75. The number of carbonyl (C=O) groups is 1. The van der Waals surface area contributed by atoms with E-state index in [2.05, 4.69) is 47.4 Å². The summed E-state index contributed by atoms with van der Waals surface area (Å²) in [7, 11) is 0. The number of aliphatic hydroxyl groups excluding tert-OH is 1. The molecule has 0 unspecified atom stereocenters. The maximum atomic E-state index is 11.7. The number of para-hydroxylation sites is 1. The van der Waals surface area contributed by atoms with E-state index in [9.17, 15) is 9.90 Å². The molecule has 0 saturated heterocycles. The van der Waals surface area contributed by atoms with Gasteiger partial charge in [0.1, 0.15) is 11.3 Å². The molecule has 0 fully saturated rings. The second-order valence-corrected chi connectivity index (χ2v) is 11.4. The number of nitrogens with zero attached hydrogens (tertiary/aromatic N) is 1. The van der Waals surface area contributed by atoms with Gasteiger partial charge in [-0.2, -0.15) is 11.3 Å². The van der Waals surface area contributed by atoms with E-state index in [1.165, 1.54) is 16.2 Å². The second kappa shape index (κ2) is 14.2. The van der Waals surface area contributed by atoms with Gasteiger partial charge in [0.25, 0.3) is 0 Å². The van der Waals surface area contributed by atoms with Crippen LogP contribution in [0.1, 0.15) is 53.4 Å². The van der Waals surface area contributed by atoms with Crippen LogP contribution in [-0.2, 0) is 24.9 Å². The van der Waals surface area contributed by atoms with Gasteiger partial charge in [0, 0.05) is 65.4 Å². The predicted molar refractivity (Wildman–Crippen MR) is 173 cm³/mol. The van der Waals surface area contributed by atoms with Gasteiger partial charge in [-0.3, -0.25) is 9.78 Å². The van der Waals surface area contributed by atoms with Crippen LogP contribution in [0.2, 0.25) is 0 Å². The maximum absolute atomic E-state index is 11.7. The normalized spacial score (nSPS) is 11.8. The van der Waals surface area contributed by atoms with Crippen molar-refractivity contribution in [1.29, 1.82) is 0 Å². The van der Waals surface area contributed by atoms with Crippen molar-refractivity contribution >= 4 is 59.2 Å². The van der Waals surface area contributed by atoms with E-state index in [0.717, 1.165) is 69.0 Å². The van der Waals surface area contributed by atoms with Crippen molar-refractivity contribution in [2.75, 3.05) is 0 Å². The summed E-state index contributed by atoms with van der Waals surface area (Å²) in [5.41, 5.74) is 2.99. The molecule has 0 spiro atoms. The van der Waals surface area contributed by atoms with Crippen LogP contribution in [0, 0.1) is 17.9 Å². The summed E-state index contributed by atoms with van der Waals surface area (Å²) in [6, 6.07) is 26.4. The first-order valence-corrected chi connectivity index (χ1v) is 15.3. The number of hydrogen-bond acceptors (Lipinski definition) is 5. The molecule has 6 aromatic rings. The van der Waals surface area contributed by atoms with Crippen molar-refractivity contribution in [2.45, 2.75) is 53.4 Å². The van der Waals surface area contributed by atoms with Crippen molar-refractivity contribution in [1.82, 2.24) is 4.98 Å². The molecule has 0 amide bonds. The zero-order valence-electron chi connectivity index (χ0n) is 24.4. The number of pyridine rings is 1.